The van der Waals surface area contributed by atoms with Crippen molar-refractivity contribution in [2.75, 3.05) is 10.2 Å². The number of anilines is 2. The molecule has 0 aromatic carbocycles. The number of fused-ring (bicyclic) bond motifs is 1. The minimum Gasteiger partial charge on any atom is -0.304 e. The summed E-state index contributed by atoms with van der Waals surface area (Å²) < 4.78 is 4.87. The van der Waals surface area contributed by atoms with Crippen molar-refractivity contribution in [3.8, 4) is 0 Å². The van der Waals surface area contributed by atoms with Gasteiger partial charge in [-0.1, -0.05) is 12.8 Å². The average molecular weight is 398 g/mol. The summed E-state index contributed by atoms with van der Waals surface area (Å²) in [7, 11) is 0. The molecule has 3 amide bonds. The maximum atomic E-state index is 13.3. The molecule has 0 spiro atoms. The van der Waals surface area contributed by atoms with Crippen molar-refractivity contribution in [1.29, 1.82) is 0 Å². The molecule has 2 heterocycles. The lowest BCUT2D eigenvalue weighted by atomic mass is 9.49. The van der Waals surface area contributed by atoms with Crippen LogP contribution in [0.25, 0.3) is 0 Å². The molecule has 7 rings (SSSR count). The van der Waals surface area contributed by atoms with E-state index in [2.05, 4.69) is 15.6 Å². The van der Waals surface area contributed by atoms with Gasteiger partial charge in [-0.3, -0.25) is 14.4 Å². The van der Waals surface area contributed by atoms with Crippen LogP contribution in [0.2, 0.25) is 0 Å². The molecule has 1 aliphatic heterocycles. The Balaban J connectivity index is 1.26. The molecule has 0 unspecified atom stereocenters. The fourth-order valence-corrected chi connectivity index (χ4v) is 7.41. The lowest BCUT2D eigenvalue weighted by Crippen LogP contribution is -2.51. The van der Waals surface area contributed by atoms with Crippen LogP contribution in [0.5, 0.6) is 0 Å². The van der Waals surface area contributed by atoms with E-state index in [1.165, 1.54) is 19.3 Å². The van der Waals surface area contributed by atoms with Crippen molar-refractivity contribution in [1.82, 2.24) is 10.3 Å². The van der Waals surface area contributed by atoms with Gasteiger partial charge in [-0.05, 0) is 79.4 Å². The first-order chi connectivity index (χ1) is 14.0. The molecule has 1 saturated heterocycles. The number of carbonyl (C=O) groups is 3. The number of imide groups is 1. The highest BCUT2D eigenvalue weighted by Crippen LogP contribution is 2.60. The summed E-state index contributed by atoms with van der Waals surface area (Å²) in [6.07, 6.45) is 9.92. The van der Waals surface area contributed by atoms with Gasteiger partial charge in [0, 0.05) is 0 Å². The summed E-state index contributed by atoms with van der Waals surface area (Å²) in [6.45, 7) is 0. The van der Waals surface area contributed by atoms with Crippen LogP contribution >= 0.6 is 0 Å². The predicted molar refractivity (Wildman–Crippen MR) is 101 cm³/mol. The smallest absolute Gasteiger partial charge is 0.239 e. The van der Waals surface area contributed by atoms with Crippen molar-refractivity contribution in [2.45, 2.75) is 64.2 Å². The fraction of sp³-hybridized carbons (Fsp3) is 0.762. The zero-order valence-corrected chi connectivity index (χ0v) is 16.4. The maximum absolute atomic E-state index is 13.3. The zero-order chi connectivity index (χ0) is 19.8. The summed E-state index contributed by atoms with van der Waals surface area (Å²) in [5, 5.41) is 10.6. The number of amides is 3. The van der Waals surface area contributed by atoms with Gasteiger partial charge in [-0.25, -0.2) is 9.53 Å². The largest absolute Gasteiger partial charge is 0.304 e. The van der Waals surface area contributed by atoms with Crippen molar-refractivity contribution < 1.29 is 19.0 Å². The summed E-state index contributed by atoms with van der Waals surface area (Å²) in [5.74, 6) is 1.01. The lowest BCUT2D eigenvalue weighted by molar-refractivity contribution is -0.140. The topological polar surface area (TPSA) is 105 Å². The van der Waals surface area contributed by atoms with Gasteiger partial charge in [0.05, 0.1) is 17.3 Å². The van der Waals surface area contributed by atoms with E-state index in [1.807, 2.05) is 0 Å². The Labute approximate surface area is 168 Å². The Bertz CT molecular complexity index is 834. The molecule has 8 nitrogen and oxygen atoms in total. The first-order valence-electron chi connectivity index (χ1n) is 11.1. The van der Waals surface area contributed by atoms with Crippen molar-refractivity contribution in [2.24, 2.45) is 35.0 Å². The highest BCUT2D eigenvalue weighted by atomic mass is 16.6. The maximum Gasteiger partial charge on any atom is 0.239 e. The van der Waals surface area contributed by atoms with Crippen molar-refractivity contribution in [3.63, 3.8) is 0 Å². The Morgan fingerprint density at radius 2 is 1.48 bits per heavy atom. The second-order valence-electron chi connectivity index (χ2n) is 10.1. The van der Waals surface area contributed by atoms with Crippen molar-refractivity contribution in [3.05, 3.63) is 0 Å². The molecule has 29 heavy (non-hydrogen) atoms. The molecule has 5 aliphatic carbocycles. The van der Waals surface area contributed by atoms with Gasteiger partial charge in [0.2, 0.25) is 29.4 Å². The molecule has 2 atom stereocenters. The number of nitrogens with zero attached hydrogens (tertiary/aromatic N) is 3. The third kappa shape index (κ3) is 2.53. The fourth-order valence-electron chi connectivity index (χ4n) is 7.41. The highest BCUT2D eigenvalue weighted by molar-refractivity contribution is 6.23. The van der Waals surface area contributed by atoms with Gasteiger partial charge >= 0.3 is 0 Å². The second-order valence-corrected chi connectivity index (χ2v) is 10.1. The van der Waals surface area contributed by atoms with E-state index in [4.69, 9.17) is 4.63 Å². The van der Waals surface area contributed by atoms with Crippen molar-refractivity contribution >= 4 is 29.4 Å². The molecular weight excluding hydrogens is 372 g/mol. The van der Waals surface area contributed by atoms with E-state index < -0.39 is 0 Å². The number of hydrogen-bond donors (Lipinski definition) is 1. The van der Waals surface area contributed by atoms with Gasteiger partial charge in [-0.2, -0.15) is 0 Å². The third-order valence-corrected chi connectivity index (χ3v) is 8.28. The zero-order valence-electron chi connectivity index (χ0n) is 16.4. The molecule has 1 aromatic rings. The minimum atomic E-state index is -0.349. The van der Waals surface area contributed by atoms with Crippen LogP contribution in [0.4, 0.5) is 11.6 Å². The van der Waals surface area contributed by atoms with Gasteiger partial charge in [-0.15, -0.1) is 0 Å². The molecule has 1 aromatic heterocycles. The summed E-state index contributed by atoms with van der Waals surface area (Å²) in [6, 6.07) is 0. The molecule has 5 saturated carbocycles. The Morgan fingerprint density at radius 1 is 0.931 bits per heavy atom. The van der Waals surface area contributed by atoms with E-state index >= 15 is 0 Å². The molecule has 154 valence electrons. The highest BCUT2D eigenvalue weighted by Gasteiger charge is 2.55. The van der Waals surface area contributed by atoms with Crippen LogP contribution in [-0.4, -0.2) is 28.0 Å². The quantitative estimate of drug-likeness (QED) is 0.785. The number of aromatic nitrogens is 2. The molecule has 6 fully saturated rings. The Morgan fingerprint density at radius 3 is 2.03 bits per heavy atom. The Hall–Kier alpha value is -2.25. The number of carbonyl (C=O) groups excluding carboxylic acids is 3. The number of hydrogen-bond acceptors (Lipinski definition) is 6. The van der Waals surface area contributed by atoms with Gasteiger partial charge in [0.1, 0.15) is 0 Å². The summed E-state index contributed by atoms with van der Waals surface area (Å²) in [4.78, 5) is 40.2. The van der Waals surface area contributed by atoms with E-state index in [9.17, 15) is 14.4 Å². The third-order valence-electron chi connectivity index (χ3n) is 8.28. The molecule has 0 radical (unpaired) electrons. The first-order valence-corrected chi connectivity index (χ1v) is 11.1. The van der Waals surface area contributed by atoms with E-state index in [0.717, 1.165) is 49.8 Å². The summed E-state index contributed by atoms with van der Waals surface area (Å²) in [5.41, 5.74) is -0.349. The van der Waals surface area contributed by atoms with E-state index in [0.29, 0.717) is 17.8 Å². The van der Waals surface area contributed by atoms with Gasteiger partial charge < -0.3 is 5.32 Å². The predicted octanol–water partition coefficient (Wildman–Crippen LogP) is 2.90. The van der Waals surface area contributed by atoms with Crippen LogP contribution in [-0.2, 0) is 14.4 Å². The average Bonchev–Trinajstić information content (AvgIpc) is 3.23. The van der Waals surface area contributed by atoms with Crippen LogP contribution in [0.3, 0.4) is 0 Å². The van der Waals surface area contributed by atoms with E-state index in [1.54, 1.807) is 0 Å². The van der Waals surface area contributed by atoms with Gasteiger partial charge in [0.15, 0.2) is 0 Å². The van der Waals surface area contributed by atoms with Gasteiger partial charge in [0.25, 0.3) is 0 Å². The Kier molecular flexibility index (Phi) is 3.72. The SMILES string of the molecule is O=C1[C@H]2CCCC[C@@H]2C(=O)N1c1nonc1NC(=O)C12CC3CC(CC(C3)C1)C2. The lowest BCUT2D eigenvalue weighted by Gasteiger charge is -2.55. The molecule has 8 heteroatoms. The van der Waals surface area contributed by atoms with Crippen LogP contribution in [0, 0.1) is 35.0 Å². The monoisotopic (exact) mass is 398 g/mol. The van der Waals surface area contributed by atoms with E-state index in [-0.39, 0.29) is 46.6 Å². The minimum absolute atomic E-state index is 0.0486. The summed E-state index contributed by atoms with van der Waals surface area (Å²) >= 11 is 0. The standard InChI is InChI=1S/C21H26N4O4/c26-18-14-3-1-2-4-15(14)19(27)25(18)17-16(23-29-24-17)22-20(28)21-8-11-5-12(9-21)7-13(6-11)10-21/h11-15H,1-10H2,(H,22,23,28)/t11?,12?,13?,14-,15-,21?/m0/s1. The molecular formula is C21H26N4O4. The molecule has 4 bridgehead atoms. The molecule has 1 N–H and O–H groups in total. The normalized spacial score (nSPS) is 40.4. The van der Waals surface area contributed by atoms with Crippen LogP contribution in [0.15, 0.2) is 4.63 Å². The molecule has 6 aliphatic rings. The number of nitrogens with one attached hydrogen (secondary N) is 1. The first kappa shape index (κ1) is 17.6. The number of rotatable bonds is 3. The second kappa shape index (κ2) is 6.12. The van der Waals surface area contributed by atoms with Crippen LogP contribution < -0.4 is 10.2 Å². The van der Waals surface area contributed by atoms with Crippen LogP contribution in [0.1, 0.15) is 64.2 Å².